The smallest absolute Gasteiger partial charge is 0.335 e. The lowest BCUT2D eigenvalue weighted by molar-refractivity contribution is 0.0697. The van der Waals surface area contributed by atoms with Crippen LogP contribution in [0.3, 0.4) is 0 Å². The molecule has 3 rings (SSSR count). The zero-order valence-electron chi connectivity index (χ0n) is 12.7. The van der Waals surface area contributed by atoms with Crippen LogP contribution in [0.2, 0.25) is 5.02 Å². The van der Waals surface area contributed by atoms with Gasteiger partial charge < -0.3 is 10.0 Å². The lowest BCUT2D eigenvalue weighted by Crippen LogP contribution is -2.33. The van der Waals surface area contributed by atoms with Crippen LogP contribution in [0.25, 0.3) is 0 Å². The standard InChI is InChI=1S/C18H15ClFNO3/c19-15-5-2-6-16(20)14(15)10-21(13-7-8-13)17(22)11-3-1-4-12(9-11)18(23)24/h1-6,9,13H,7-8,10H2,(H,23,24). The zero-order chi connectivity index (χ0) is 17.3. The number of benzene rings is 2. The van der Waals surface area contributed by atoms with E-state index in [1.54, 1.807) is 17.0 Å². The van der Waals surface area contributed by atoms with Crippen LogP contribution in [0.1, 0.15) is 39.1 Å². The predicted molar refractivity (Wildman–Crippen MR) is 87.7 cm³/mol. The highest BCUT2D eigenvalue weighted by molar-refractivity contribution is 6.31. The lowest BCUT2D eigenvalue weighted by Gasteiger charge is -2.23. The largest absolute Gasteiger partial charge is 0.478 e. The predicted octanol–water partition coefficient (Wildman–Crippen LogP) is 3.98. The highest BCUT2D eigenvalue weighted by Gasteiger charge is 2.34. The fraction of sp³-hybridized carbons (Fsp3) is 0.222. The van der Waals surface area contributed by atoms with E-state index in [9.17, 15) is 14.0 Å². The molecule has 2 aromatic rings. The fourth-order valence-corrected chi connectivity index (χ4v) is 2.78. The number of carboxylic acids is 1. The average molecular weight is 348 g/mol. The summed E-state index contributed by atoms with van der Waals surface area (Å²) >= 11 is 6.06. The molecule has 1 amide bonds. The van der Waals surface area contributed by atoms with E-state index >= 15 is 0 Å². The quantitative estimate of drug-likeness (QED) is 0.890. The van der Waals surface area contributed by atoms with Crippen molar-refractivity contribution in [3.05, 3.63) is 70.0 Å². The highest BCUT2D eigenvalue weighted by atomic mass is 35.5. The fourth-order valence-electron chi connectivity index (χ4n) is 2.56. The molecule has 124 valence electrons. The number of carbonyl (C=O) groups is 2. The van der Waals surface area contributed by atoms with Gasteiger partial charge in [0.05, 0.1) is 12.1 Å². The molecule has 0 heterocycles. The van der Waals surface area contributed by atoms with Crippen LogP contribution >= 0.6 is 11.6 Å². The van der Waals surface area contributed by atoms with Crippen molar-refractivity contribution in [1.29, 1.82) is 0 Å². The van der Waals surface area contributed by atoms with E-state index in [1.165, 1.54) is 30.3 Å². The molecule has 0 radical (unpaired) electrons. The SMILES string of the molecule is O=C(O)c1cccc(C(=O)N(Cc2c(F)cccc2Cl)C2CC2)c1. The summed E-state index contributed by atoms with van der Waals surface area (Å²) in [6.45, 7) is 0.0618. The molecule has 1 aliphatic carbocycles. The van der Waals surface area contributed by atoms with Crippen molar-refractivity contribution in [1.82, 2.24) is 4.90 Å². The molecule has 1 fully saturated rings. The maximum absolute atomic E-state index is 14.0. The Hall–Kier alpha value is -2.40. The first-order chi connectivity index (χ1) is 11.5. The molecule has 0 aromatic heterocycles. The Balaban J connectivity index is 1.90. The van der Waals surface area contributed by atoms with Gasteiger partial charge in [0, 0.05) is 22.2 Å². The molecule has 0 atom stereocenters. The number of carbonyl (C=O) groups excluding carboxylic acids is 1. The second-order valence-electron chi connectivity index (χ2n) is 5.75. The van der Waals surface area contributed by atoms with Gasteiger partial charge in [0.1, 0.15) is 5.82 Å². The van der Waals surface area contributed by atoms with Crippen molar-refractivity contribution in [2.45, 2.75) is 25.4 Å². The van der Waals surface area contributed by atoms with Crippen LogP contribution < -0.4 is 0 Å². The molecule has 4 nitrogen and oxygen atoms in total. The summed E-state index contributed by atoms with van der Waals surface area (Å²) in [7, 11) is 0. The maximum atomic E-state index is 14.0. The molecule has 0 spiro atoms. The topological polar surface area (TPSA) is 57.6 Å². The van der Waals surface area contributed by atoms with Gasteiger partial charge in [-0.3, -0.25) is 4.79 Å². The van der Waals surface area contributed by atoms with E-state index < -0.39 is 11.8 Å². The minimum atomic E-state index is -1.10. The molecule has 1 saturated carbocycles. The van der Waals surface area contributed by atoms with Gasteiger partial charge in [-0.1, -0.05) is 23.7 Å². The molecular formula is C18H15ClFNO3. The third kappa shape index (κ3) is 3.41. The number of carboxylic acid groups (broad SMARTS) is 1. The molecule has 0 saturated heterocycles. The van der Waals surface area contributed by atoms with Crippen molar-refractivity contribution >= 4 is 23.5 Å². The lowest BCUT2D eigenvalue weighted by atomic mass is 10.1. The third-order valence-electron chi connectivity index (χ3n) is 4.00. The third-order valence-corrected chi connectivity index (χ3v) is 4.35. The van der Waals surface area contributed by atoms with Gasteiger partial charge in [0.2, 0.25) is 0 Å². The molecule has 0 unspecified atom stereocenters. The summed E-state index contributed by atoms with van der Waals surface area (Å²) in [5.41, 5.74) is 0.587. The molecule has 1 N–H and O–H groups in total. The Labute approximate surface area is 143 Å². The summed E-state index contributed by atoms with van der Waals surface area (Å²) in [6, 6.07) is 10.3. The summed E-state index contributed by atoms with van der Waals surface area (Å²) in [5, 5.41) is 9.34. The van der Waals surface area contributed by atoms with Crippen molar-refractivity contribution < 1.29 is 19.1 Å². The molecule has 6 heteroatoms. The van der Waals surface area contributed by atoms with Gasteiger partial charge in [-0.2, -0.15) is 0 Å². The van der Waals surface area contributed by atoms with Crippen LogP contribution in [0, 0.1) is 5.82 Å². The zero-order valence-corrected chi connectivity index (χ0v) is 13.5. The Kier molecular flexibility index (Phi) is 4.53. The van der Waals surface area contributed by atoms with Crippen molar-refractivity contribution in [3.63, 3.8) is 0 Å². The first-order valence-corrected chi connectivity index (χ1v) is 7.92. The van der Waals surface area contributed by atoms with Crippen LogP contribution in [-0.2, 0) is 6.54 Å². The summed E-state index contributed by atoms with van der Waals surface area (Å²) in [5.74, 6) is -1.88. The number of hydrogen-bond donors (Lipinski definition) is 1. The normalized spacial score (nSPS) is 13.6. The molecule has 24 heavy (non-hydrogen) atoms. The maximum Gasteiger partial charge on any atom is 0.335 e. The summed E-state index contributed by atoms with van der Waals surface area (Å²) in [4.78, 5) is 25.4. The Bertz CT molecular complexity index is 784. The van der Waals surface area contributed by atoms with E-state index in [0.29, 0.717) is 0 Å². The van der Waals surface area contributed by atoms with Crippen molar-refractivity contribution in [2.75, 3.05) is 0 Å². The van der Waals surface area contributed by atoms with E-state index in [2.05, 4.69) is 0 Å². The molecule has 0 bridgehead atoms. The van der Waals surface area contributed by atoms with Crippen LogP contribution in [0.15, 0.2) is 42.5 Å². The number of halogens is 2. The van der Waals surface area contributed by atoms with Crippen LogP contribution in [-0.4, -0.2) is 27.9 Å². The monoisotopic (exact) mass is 347 g/mol. The van der Waals surface area contributed by atoms with E-state index in [0.717, 1.165) is 12.8 Å². The number of hydrogen-bond acceptors (Lipinski definition) is 2. The number of nitrogens with zero attached hydrogens (tertiary/aromatic N) is 1. The van der Waals surface area contributed by atoms with E-state index in [1.807, 2.05) is 0 Å². The summed E-state index contributed by atoms with van der Waals surface area (Å²) in [6.07, 6.45) is 1.69. The highest BCUT2D eigenvalue weighted by Crippen LogP contribution is 2.32. The molecule has 1 aliphatic rings. The second-order valence-corrected chi connectivity index (χ2v) is 6.16. The van der Waals surface area contributed by atoms with Crippen molar-refractivity contribution in [3.8, 4) is 0 Å². The van der Waals surface area contributed by atoms with Gasteiger partial charge in [0.15, 0.2) is 0 Å². The Morgan fingerprint density at radius 3 is 2.46 bits per heavy atom. The van der Waals surface area contributed by atoms with Crippen LogP contribution in [0.5, 0.6) is 0 Å². The van der Waals surface area contributed by atoms with E-state index in [-0.39, 0.29) is 40.2 Å². The Morgan fingerprint density at radius 2 is 1.83 bits per heavy atom. The summed E-state index contributed by atoms with van der Waals surface area (Å²) < 4.78 is 14.0. The molecule has 0 aliphatic heterocycles. The minimum Gasteiger partial charge on any atom is -0.478 e. The van der Waals surface area contributed by atoms with Crippen molar-refractivity contribution in [2.24, 2.45) is 0 Å². The molecule has 2 aromatic carbocycles. The van der Waals surface area contributed by atoms with Gasteiger partial charge in [-0.15, -0.1) is 0 Å². The minimum absolute atomic E-state index is 0.0293. The van der Waals surface area contributed by atoms with E-state index in [4.69, 9.17) is 16.7 Å². The number of aromatic carboxylic acids is 1. The van der Waals surface area contributed by atoms with Gasteiger partial charge in [0.25, 0.3) is 5.91 Å². The average Bonchev–Trinajstić information content (AvgIpc) is 3.39. The first kappa shape index (κ1) is 16.5. The number of amides is 1. The Morgan fingerprint density at radius 1 is 1.17 bits per heavy atom. The first-order valence-electron chi connectivity index (χ1n) is 7.54. The molecular weight excluding hydrogens is 333 g/mol. The second kappa shape index (κ2) is 6.61. The van der Waals surface area contributed by atoms with Gasteiger partial charge in [-0.25, -0.2) is 9.18 Å². The van der Waals surface area contributed by atoms with Gasteiger partial charge in [-0.05, 0) is 43.2 Å². The van der Waals surface area contributed by atoms with Crippen LogP contribution in [0.4, 0.5) is 4.39 Å². The number of rotatable bonds is 5. The van der Waals surface area contributed by atoms with Gasteiger partial charge >= 0.3 is 5.97 Å².